The van der Waals surface area contributed by atoms with Crippen LogP contribution < -0.4 is 10.1 Å². The Labute approximate surface area is 99.3 Å². The highest BCUT2D eigenvalue weighted by Crippen LogP contribution is 2.14. The highest BCUT2D eigenvalue weighted by molar-refractivity contribution is 5.86. The molecule has 1 aliphatic rings. The van der Waals surface area contributed by atoms with Gasteiger partial charge in [0.1, 0.15) is 6.26 Å². The molecule has 94 valence electrons. The van der Waals surface area contributed by atoms with Gasteiger partial charge < -0.3 is 19.2 Å². The van der Waals surface area contributed by atoms with Crippen LogP contribution in [0.5, 0.6) is 6.08 Å². The first kappa shape index (κ1) is 11.9. The van der Waals surface area contributed by atoms with Crippen molar-refractivity contribution in [1.29, 1.82) is 0 Å². The minimum absolute atomic E-state index is 0.125. The molecule has 0 radical (unpaired) electrons. The second-order valence-electron chi connectivity index (χ2n) is 3.89. The molecule has 17 heavy (non-hydrogen) atoms. The number of carbonyl (C=O) groups is 1. The molecule has 1 aliphatic heterocycles. The van der Waals surface area contributed by atoms with Gasteiger partial charge >= 0.3 is 12.0 Å². The number of nitrogens with one attached hydrogen (secondary N) is 1. The van der Waals surface area contributed by atoms with Gasteiger partial charge in [-0.05, 0) is 19.9 Å². The number of oxazole rings is 1. The summed E-state index contributed by atoms with van der Waals surface area (Å²) in [5.41, 5.74) is 0.145. The number of hydrogen-bond donors (Lipinski definition) is 1. The Morgan fingerprint density at radius 3 is 3.29 bits per heavy atom. The monoisotopic (exact) mass is 240 g/mol. The summed E-state index contributed by atoms with van der Waals surface area (Å²) in [5.74, 6) is -0.0124. The van der Waals surface area contributed by atoms with E-state index < -0.39 is 5.97 Å². The van der Waals surface area contributed by atoms with Gasteiger partial charge in [-0.1, -0.05) is 0 Å². The fraction of sp³-hybridized carbons (Fsp3) is 0.636. The lowest BCUT2D eigenvalue weighted by Gasteiger charge is -2.06. The van der Waals surface area contributed by atoms with Crippen LogP contribution in [0.1, 0.15) is 23.8 Å². The van der Waals surface area contributed by atoms with Gasteiger partial charge in [-0.15, -0.1) is 0 Å². The quantitative estimate of drug-likeness (QED) is 0.769. The van der Waals surface area contributed by atoms with E-state index in [-0.39, 0.29) is 11.8 Å². The number of esters is 1. The number of ether oxygens (including phenoxy) is 2. The molecule has 0 spiro atoms. The van der Waals surface area contributed by atoms with Crippen LogP contribution in [0.25, 0.3) is 0 Å². The Kier molecular flexibility index (Phi) is 3.98. The van der Waals surface area contributed by atoms with Crippen LogP contribution in [0.15, 0.2) is 10.7 Å². The fourth-order valence-electron chi connectivity index (χ4n) is 1.67. The summed E-state index contributed by atoms with van der Waals surface area (Å²) < 4.78 is 15.2. The Morgan fingerprint density at radius 1 is 1.71 bits per heavy atom. The van der Waals surface area contributed by atoms with E-state index in [0.29, 0.717) is 19.1 Å². The smallest absolute Gasteiger partial charge is 0.394 e. The maximum absolute atomic E-state index is 11.3. The van der Waals surface area contributed by atoms with Crippen molar-refractivity contribution in [2.45, 2.75) is 13.3 Å². The van der Waals surface area contributed by atoms with Gasteiger partial charge in [0, 0.05) is 12.5 Å². The summed E-state index contributed by atoms with van der Waals surface area (Å²) >= 11 is 0. The zero-order chi connectivity index (χ0) is 12.1. The average Bonchev–Trinajstić information content (AvgIpc) is 2.98. The van der Waals surface area contributed by atoms with Crippen molar-refractivity contribution in [2.24, 2.45) is 5.92 Å². The summed E-state index contributed by atoms with van der Waals surface area (Å²) in [5, 5.41) is 3.24. The number of aromatic nitrogens is 1. The summed E-state index contributed by atoms with van der Waals surface area (Å²) in [6.07, 6.45) is 2.46. The molecular weight excluding hydrogens is 224 g/mol. The third kappa shape index (κ3) is 3.20. The van der Waals surface area contributed by atoms with Gasteiger partial charge in [-0.2, -0.15) is 4.98 Å². The number of hydrogen-bond acceptors (Lipinski definition) is 6. The maximum Gasteiger partial charge on any atom is 0.394 e. The lowest BCUT2D eigenvalue weighted by Crippen LogP contribution is -2.15. The minimum Gasteiger partial charge on any atom is -0.461 e. The third-order valence-electron chi connectivity index (χ3n) is 2.57. The number of nitrogens with zero attached hydrogens (tertiary/aromatic N) is 1. The first-order valence-electron chi connectivity index (χ1n) is 5.75. The second-order valence-corrected chi connectivity index (χ2v) is 3.89. The summed E-state index contributed by atoms with van der Waals surface area (Å²) in [6, 6.07) is 0. The van der Waals surface area contributed by atoms with E-state index in [2.05, 4.69) is 10.3 Å². The Balaban J connectivity index is 1.83. The lowest BCUT2D eigenvalue weighted by molar-refractivity contribution is 0.0519. The minimum atomic E-state index is -0.492. The molecule has 1 unspecified atom stereocenters. The largest absolute Gasteiger partial charge is 0.461 e. The molecule has 0 aliphatic carbocycles. The molecule has 0 aromatic carbocycles. The van der Waals surface area contributed by atoms with Crippen molar-refractivity contribution in [3.63, 3.8) is 0 Å². The maximum atomic E-state index is 11.3. The lowest BCUT2D eigenvalue weighted by atomic mass is 10.1. The van der Waals surface area contributed by atoms with E-state index in [1.807, 2.05) is 0 Å². The standard InChI is InChI=1S/C11H16N2O4/c1-2-15-10(14)9-7-17-11(13-9)16-6-8-3-4-12-5-8/h7-8,12H,2-6H2,1H3. The molecule has 2 rings (SSSR count). The third-order valence-corrected chi connectivity index (χ3v) is 2.57. The Bertz CT molecular complexity index is 371. The van der Waals surface area contributed by atoms with Gasteiger partial charge in [-0.3, -0.25) is 0 Å². The van der Waals surface area contributed by atoms with Crippen LogP contribution in [0.3, 0.4) is 0 Å². The molecule has 0 amide bonds. The molecular formula is C11H16N2O4. The predicted molar refractivity (Wildman–Crippen MR) is 58.9 cm³/mol. The molecule has 1 fully saturated rings. The van der Waals surface area contributed by atoms with Crippen molar-refractivity contribution in [3.05, 3.63) is 12.0 Å². The van der Waals surface area contributed by atoms with Crippen LogP contribution in [0, 0.1) is 5.92 Å². The second kappa shape index (κ2) is 5.67. The topological polar surface area (TPSA) is 73.6 Å². The zero-order valence-electron chi connectivity index (χ0n) is 9.77. The van der Waals surface area contributed by atoms with Crippen molar-refractivity contribution in [2.75, 3.05) is 26.3 Å². The van der Waals surface area contributed by atoms with Crippen LogP contribution in [0.4, 0.5) is 0 Å². The van der Waals surface area contributed by atoms with Crippen molar-refractivity contribution in [1.82, 2.24) is 10.3 Å². The van der Waals surface area contributed by atoms with Gasteiger partial charge in [0.05, 0.1) is 13.2 Å². The van der Waals surface area contributed by atoms with Crippen LogP contribution in [-0.2, 0) is 4.74 Å². The molecule has 6 heteroatoms. The molecule has 1 saturated heterocycles. The molecule has 1 N–H and O–H groups in total. The molecule has 2 heterocycles. The summed E-state index contributed by atoms with van der Waals surface area (Å²) in [7, 11) is 0. The predicted octanol–water partition coefficient (Wildman–Crippen LogP) is 0.840. The molecule has 1 aromatic heterocycles. The van der Waals surface area contributed by atoms with E-state index in [9.17, 15) is 4.79 Å². The van der Waals surface area contributed by atoms with Gasteiger partial charge in [0.2, 0.25) is 0 Å². The summed E-state index contributed by atoms with van der Waals surface area (Å²) in [6.45, 7) is 4.58. The normalized spacial score (nSPS) is 19.2. The highest BCUT2D eigenvalue weighted by atomic mass is 16.6. The van der Waals surface area contributed by atoms with Crippen LogP contribution in [0.2, 0.25) is 0 Å². The average molecular weight is 240 g/mol. The van der Waals surface area contributed by atoms with Crippen molar-refractivity contribution in [3.8, 4) is 6.08 Å². The van der Waals surface area contributed by atoms with Gasteiger partial charge in [-0.25, -0.2) is 4.79 Å². The fourth-order valence-corrected chi connectivity index (χ4v) is 1.67. The van der Waals surface area contributed by atoms with Crippen LogP contribution >= 0.6 is 0 Å². The molecule has 0 saturated carbocycles. The first-order chi connectivity index (χ1) is 8.29. The van der Waals surface area contributed by atoms with Gasteiger partial charge in [0.15, 0.2) is 5.69 Å². The molecule has 1 aromatic rings. The Hall–Kier alpha value is -1.56. The van der Waals surface area contributed by atoms with Gasteiger partial charge in [0.25, 0.3) is 0 Å². The molecule has 6 nitrogen and oxygen atoms in total. The van der Waals surface area contributed by atoms with E-state index in [1.54, 1.807) is 6.92 Å². The SMILES string of the molecule is CCOC(=O)c1coc(OCC2CCNC2)n1. The number of rotatable bonds is 5. The Morgan fingerprint density at radius 2 is 2.59 bits per heavy atom. The molecule has 0 bridgehead atoms. The van der Waals surface area contributed by atoms with E-state index in [1.165, 1.54) is 6.26 Å². The summed E-state index contributed by atoms with van der Waals surface area (Å²) in [4.78, 5) is 15.2. The van der Waals surface area contributed by atoms with E-state index in [4.69, 9.17) is 13.9 Å². The van der Waals surface area contributed by atoms with Crippen molar-refractivity contribution >= 4 is 5.97 Å². The van der Waals surface area contributed by atoms with E-state index >= 15 is 0 Å². The first-order valence-corrected chi connectivity index (χ1v) is 5.75. The number of carbonyl (C=O) groups excluding carboxylic acids is 1. The highest BCUT2D eigenvalue weighted by Gasteiger charge is 2.18. The van der Waals surface area contributed by atoms with E-state index in [0.717, 1.165) is 19.5 Å². The van der Waals surface area contributed by atoms with Crippen LogP contribution in [-0.4, -0.2) is 37.3 Å². The zero-order valence-corrected chi connectivity index (χ0v) is 9.77. The molecule has 1 atom stereocenters. The van der Waals surface area contributed by atoms with Crippen molar-refractivity contribution < 1.29 is 18.7 Å².